The van der Waals surface area contributed by atoms with Crippen LogP contribution in [0.15, 0.2) is 36.5 Å². The largest absolute Gasteiger partial charge is 0.595 e. The zero-order valence-corrected chi connectivity index (χ0v) is 26.8. The smallest absolute Gasteiger partial charge is 0.416 e. The van der Waals surface area contributed by atoms with E-state index >= 15 is 0 Å². The Morgan fingerprint density at radius 2 is 1.76 bits per heavy atom. The van der Waals surface area contributed by atoms with E-state index in [2.05, 4.69) is 15.0 Å². The van der Waals surface area contributed by atoms with Gasteiger partial charge in [0.2, 0.25) is 17.5 Å². The second-order valence-corrected chi connectivity index (χ2v) is 11.0. The summed E-state index contributed by atoms with van der Waals surface area (Å²) in [5, 5.41) is 30.0. The normalized spacial score (nSPS) is 17.0. The number of carbonyl (C=O) groups excluding carboxylic acids is 1. The fraction of sp³-hybridized carbons (Fsp3) is 0.467. The molecule has 3 aromatic rings. The summed E-state index contributed by atoms with van der Waals surface area (Å²) in [5.41, 5.74) is -3.47. The Hall–Kier alpha value is -4.46. The van der Waals surface area contributed by atoms with E-state index in [1.807, 2.05) is 0 Å². The van der Waals surface area contributed by atoms with Gasteiger partial charge in [0.25, 0.3) is 0 Å². The van der Waals surface area contributed by atoms with Crippen molar-refractivity contribution >= 4 is 29.2 Å². The summed E-state index contributed by atoms with van der Waals surface area (Å²) < 4.78 is 93.9. The molecule has 0 aliphatic carbocycles. The van der Waals surface area contributed by atoms with E-state index in [9.17, 15) is 46.7 Å². The van der Waals surface area contributed by atoms with Crippen LogP contribution in [0.1, 0.15) is 55.1 Å². The number of hydrogen-bond donors (Lipinski definition) is 3. The molecule has 4 rings (SSSR count). The molecule has 3 heterocycles. The number of carbonyl (C=O) groups is 1. The van der Waals surface area contributed by atoms with Crippen LogP contribution in [0.5, 0.6) is 5.88 Å². The van der Waals surface area contributed by atoms with Gasteiger partial charge in [-0.25, -0.2) is 20.0 Å². The van der Waals surface area contributed by atoms with Crippen molar-refractivity contribution in [1.82, 2.24) is 15.0 Å². The Kier molecular flexibility index (Phi) is 11.4. The minimum absolute atomic E-state index is 0.0145. The van der Waals surface area contributed by atoms with E-state index in [-0.39, 0.29) is 60.4 Å². The second kappa shape index (κ2) is 15.0. The van der Waals surface area contributed by atoms with Crippen molar-refractivity contribution in [3.8, 4) is 5.88 Å². The number of ether oxygens (including phenoxy) is 2. The number of nitrogens with one attached hydrogen (secondary N) is 1. The zero-order valence-electron chi connectivity index (χ0n) is 26.8. The highest BCUT2D eigenvalue weighted by molar-refractivity contribution is 5.90. The second-order valence-electron chi connectivity index (χ2n) is 11.0. The molecule has 19 heteroatoms. The van der Waals surface area contributed by atoms with E-state index in [0.717, 1.165) is 6.20 Å². The van der Waals surface area contributed by atoms with Gasteiger partial charge in [-0.15, -0.1) is 0 Å². The lowest BCUT2D eigenvalue weighted by Crippen LogP contribution is -2.99. The fourth-order valence-electron chi connectivity index (χ4n) is 5.58. The van der Waals surface area contributed by atoms with Gasteiger partial charge in [0.1, 0.15) is 0 Å². The number of fused-ring (bicyclic) bond motifs is 1. The highest BCUT2D eigenvalue weighted by Gasteiger charge is 2.42. The highest BCUT2D eigenvalue weighted by atomic mass is 19.4. The summed E-state index contributed by atoms with van der Waals surface area (Å²) >= 11 is 0. The zero-order chi connectivity index (χ0) is 36.3. The van der Waals surface area contributed by atoms with Crippen LogP contribution in [0.2, 0.25) is 0 Å². The first-order valence-electron chi connectivity index (χ1n) is 15.0. The van der Waals surface area contributed by atoms with Crippen molar-refractivity contribution in [3.05, 3.63) is 64.1 Å². The van der Waals surface area contributed by atoms with E-state index in [1.165, 1.54) is 41.0 Å². The van der Waals surface area contributed by atoms with Crippen molar-refractivity contribution in [3.63, 3.8) is 0 Å². The number of aromatic nitrogens is 3. The number of methoxy groups -OCH3 is 1. The van der Waals surface area contributed by atoms with Gasteiger partial charge in [-0.3, -0.25) is 4.90 Å². The number of aliphatic hydroxyl groups is 1. The Labute approximate surface area is 276 Å². The first kappa shape index (κ1) is 37.4. The maximum Gasteiger partial charge on any atom is 0.416 e. The molecule has 1 aromatic carbocycles. The maximum atomic E-state index is 13.9. The Morgan fingerprint density at radius 1 is 1.10 bits per heavy atom. The number of nitrogens with zero attached hydrogens (tertiary/aromatic N) is 6. The van der Waals surface area contributed by atoms with Gasteiger partial charge in [-0.2, -0.15) is 36.6 Å². The van der Waals surface area contributed by atoms with Crippen LogP contribution in [0.25, 0.3) is 0 Å². The summed E-state index contributed by atoms with van der Waals surface area (Å²) in [6, 6.07) is 2.59. The van der Waals surface area contributed by atoms with Crippen molar-refractivity contribution in [2.24, 2.45) is 0 Å². The maximum absolute atomic E-state index is 13.9. The molecule has 1 aliphatic rings. The number of hydrogen-bond acceptors (Lipinski definition) is 11. The average Bonchev–Trinajstić information content (AvgIpc) is 3.05. The molecular weight excluding hydrogens is 668 g/mol. The van der Waals surface area contributed by atoms with Crippen molar-refractivity contribution < 1.29 is 56.2 Å². The Bertz CT molecular complexity index is 1590. The predicted molar refractivity (Wildman–Crippen MR) is 163 cm³/mol. The number of amides is 1. The fourth-order valence-corrected chi connectivity index (χ4v) is 5.58. The number of aliphatic hydroxyl groups excluding tert-OH is 1. The van der Waals surface area contributed by atoms with Gasteiger partial charge >= 0.3 is 18.4 Å². The molecular formula is C30H35F6N7O6. The quantitative estimate of drug-likeness (QED) is 0.189. The number of quaternary nitrogens is 1. The van der Waals surface area contributed by atoms with Crippen LogP contribution in [0.3, 0.4) is 0 Å². The molecule has 0 saturated heterocycles. The molecule has 0 spiro atoms. The van der Waals surface area contributed by atoms with Gasteiger partial charge in [0.05, 0.1) is 55.1 Å². The molecule has 3 atom stereocenters. The number of halogens is 6. The van der Waals surface area contributed by atoms with Gasteiger partial charge in [-0.05, 0) is 49.6 Å². The predicted octanol–water partition coefficient (Wildman–Crippen LogP) is 4.64. The minimum Gasteiger partial charge on any atom is -0.595 e. The van der Waals surface area contributed by atoms with E-state index < -0.39 is 65.6 Å². The average molecular weight is 704 g/mol. The van der Waals surface area contributed by atoms with Crippen LogP contribution in [-0.2, 0) is 23.6 Å². The number of anilines is 3. The summed E-state index contributed by atoms with van der Waals surface area (Å²) in [5.74, 6) is -0.353. The third-order valence-electron chi connectivity index (χ3n) is 7.87. The first-order chi connectivity index (χ1) is 23.0. The van der Waals surface area contributed by atoms with Gasteiger partial charge < -0.3 is 29.6 Å². The SMILES string of the molecule is CCOC(=O)N1c2ccc(OC)nc2[C@@H](N(Cc2cc(C(F)(F)F)cc(C(F)(F)F)c2)c2ncc([NH+]([O-])O)c(N(C)CCO)n2)C[C@H]1CC. The van der Waals surface area contributed by atoms with Crippen molar-refractivity contribution in [2.75, 3.05) is 48.6 Å². The monoisotopic (exact) mass is 703 g/mol. The minimum atomic E-state index is -5.12. The van der Waals surface area contributed by atoms with E-state index in [1.54, 1.807) is 13.8 Å². The van der Waals surface area contributed by atoms with Crippen LogP contribution in [0, 0.1) is 5.21 Å². The van der Waals surface area contributed by atoms with Gasteiger partial charge in [-0.1, -0.05) is 6.92 Å². The summed E-state index contributed by atoms with van der Waals surface area (Å²) in [7, 11) is 2.77. The molecule has 3 N–H and O–H groups in total. The Morgan fingerprint density at radius 3 is 2.29 bits per heavy atom. The van der Waals surface area contributed by atoms with Gasteiger partial charge in [0, 0.05) is 32.2 Å². The van der Waals surface area contributed by atoms with Crippen LogP contribution in [-0.4, -0.2) is 71.3 Å². The number of likely N-dealkylation sites (N-methyl/N-ethyl adjacent to an activating group) is 1. The standard InChI is InChI=1S/C30H35F6N7O6/c1-5-20-14-22(25-21(7-8-24(38-25)48-4)42(20)28(45)49-6-2)41(27-37-15-23(43(46)47)26(39-27)40(3)9-10-44)16-17-11-18(29(31,32)33)13-19(12-17)30(34,35)36/h7-8,11-13,15,20,22,43-44,46H,5-6,9-10,14,16H2,1-4H3/t20-,22+/m1/s1. The van der Waals surface area contributed by atoms with Crippen LogP contribution in [0.4, 0.5) is 54.3 Å². The third-order valence-corrected chi connectivity index (χ3v) is 7.87. The van der Waals surface area contributed by atoms with Gasteiger partial charge in [0.15, 0.2) is 5.82 Å². The molecule has 1 amide bonds. The van der Waals surface area contributed by atoms with Crippen molar-refractivity contribution in [1.29, 1.82) is 0 Å². The molecule has 1 aliphatic heterocycles. The molecule has 0 radical (unpaired) electrons. The molecule has 268 valence electrons. The summed E-state index contributed by atoms with van der Waals surface area (Å²) in [6.07, 6.45) is -9.62. The Balaban J connectivity index is 2.01. The van der Waals surface area contributed by atoms with E-state index in [0.29, 0.717) is 18.6 Å². The van der Waals surface area contributed by atoms with E-state index in [4.69, 9.17) is 9.47 Å². The molecule has 0 fully saturated rings. The lowest BCUT2D eigenvalue weighted by atomic mass is 9.92. The first-order valence-corrected chi connectivity index (χ1v) is 15.0. The molecule has 0 bridgehead atoms. The highest BCUT2D eigenvalue weighted by Crippen LogP contribution is 2.44. The lowest BCUT2D eigenvalue weighted by Gasteiger charge is -2.43. The molecule has 13 nitrogen and oxygen atoms in total. The molecule has 49 heavy (non-hydrogen) atoms. The summed E-state index contributed by atoms with van der Waals surface area (Å²) in [6.45, 7) is 2.34. The third kappa shape index (κ3) is 8.23. The lowest BCUT2D eigenvalue weighted by molar-refractivity contribution is -0.991. The van der Waals surface area contributed by atoms with Crippen molar-refractivity contribution in [2.45, 2.75) is 57.7 Å². The number of alkyl halides is 6. The molecule has 1 unspecified atom stereocenters. The molecule has 2 aromatic heterocycles. The number of benzene rings is 1. The van der Waals surface area contributed by atoms with Crippen LogP contribution < -0.4 is 24.7 Å². The molecule has 0 saturated carbocycles. The topological polar surface area (TPSA) is 152 Å². The van der Waals surface area contributed by atoms with Crippen LogP contribution >= 0.6 is 0 Å². The number of pyridine rings is 1. The number of rotatable bonds is 11. The summed E-state index contributed by atoms with van der Waals surface area (Å²) in [4.78, 5) is 30.3.